The van der Waals surface area contributed by atoms with Gasteiger partial charge in [-0.05, 0) is 23.8 Å². The van der Waals surface area contributed by atoms with E-state index in [1.807, 2.05) is 31.2 Å². The molecule has 0 radical (unpaired) electrons. The zero-order valence-corrected chi connectivity index (χ0v) is 17.5. The number of nitrogen functional groups attached to an aromatic ring is 1. The van der Waals surface area contributed by atoms with Gasteiger partial charge in [0.2, 0.25) is 5.95 Å². The van der Waals surface area contributed by atoms with Crippen LogP contribution in [0.15, 0.2) is 89.8 Å². The van der Waals surface area contributed by atoms with Gasteiger partial charge < -0.3 is 5.73 Å². The molecule has 0 amide bonds. The number of hydrogen-bond donors (Lipinski definition) is 1. The van der Waals surface area contributed by atoms with Gasteiger partial charge in [-0.2, -0.15) is 13.4 Å². The third-order valence-corrected chi connectivity index (χ3v) is 6.55. The molecule has 1 unspecified atom stereocenters. The largest absolute Gasteiger partial charge is 0.367 e. The Hall–Kier alpha value is -3.78. The highest BCUT2D eigenvalue weighted by Gasteiger charge is 2.25. The van der Waals surface area contributed by atoms with Crippen molar-refractivity contribution in [2.75, 3.05) is 5.73 Å². The topological polar surface area (TPSA) is 108 Å². The van der Waals surface area contributed by atoms with Crippen molar-refractivity contribution in [3.63, 3.8) is 0 Å². The Balaban J connectivity index is 1.66. The van der Waals surface area contributed by atoms with Crippen molar-refractivity contribution in [2.45, 2.75) is 17.7 Å². The van der Waals surface area contributed by atoms with Gasteiger partial charge in [0.1, 0.15) is 0 Å². The molecule has 3 aromatic carbocycles. The van der Waals surface area contributed by atoms with Crippen molar-refractivity contribution in [2.24, 2.45) is 0 Å². The lowest BCUT2D eigenvalue weighted by Crippen LogP contribution is -2.17. The van der Waals surface area contributed by atoms with Crippen LogP contribution in [0.5, 0.6) is 0 Å². The normalized spacial score (nSPS) is 12.4. The van der Waals surface area contributed by atoms with Crippen LogP contribution in [-0.4, -0.2) is 28.4 Å². The molecule has 4 aromatic rings. The van der Waals surface area contributed by atoms with Crippen molar-refractivity contribution in [1.82, 2.24) is 14.2 Å². The first-order valence-corrected chi connectivity index (χ1v) is 11.0. The number of carbonyl (C=O) groups is 1. The van der Waals surface area contributed by atoms with E-state index in [1.54, 1.807) is 48.5 Å². The van der Waals surface area contributed by atoms with E-state index in [2.05, 4.69) is 10.1 Å². The highest BCUT2D eigenvalue weighted by molar-refractivity contribution is 7.90. The van der Waals surface area contributed by atoms with Crippen LogP contribution in [0.3, 0.4) is 0 Å². The molecule has 31 heavy (non-hydrogen) atoms. The lowest BCUT2D eigenvalue weighted by molar-refractivity contribution is 0.103. The number of nitrogens with zero attached hydrogens (tertiary/aromatic N) is 3. The fourth-order valence-corrected chi connectivity index (χ4v) is 4.41. The monoisotopic (exact) mass is 432 g/mol. The molecule has 2 N–H and O–H groups in total. The summed E-state index contributed by atoms with van der Waals surface area (Å²) in [6.07, 6.45) is 0. The van der Waals surface area contributed by atoms with Crippen LogP contribution in [0.2, 0.25) is 0 Å². The molecule has 0 spiro atoms. The minimum atomic E-state index is -3.96. The summed E-state index contributed by atoms with van der Waals surface area (Å²) in [5.74, 6) is -0.444. The van der Waals surface area contributed by atoms with E-state index in [4.69, 9.17) is 5.73 Å². The molecular formula is C23H20N4O3S. The molecule has 0 fully saturated rings. The predicted molar refractivity (Wildman–Crippen MR) is 117 cm³/mol. The van der Waals surface area contributed by atoms with Crippen molar-refractivity contribution >= 4 is 21.8 Å². The minimum Gasteiger partial charge on any atom is -0.367 e. The molecule has 8 heteroatoms. The molecule has 7 nitrogen and oxygen atoms in total. The lowest BCUT2D eigenvalue weighted by atomic mass is 9.95. The molecule has 0 bridgehead atoms. The van der Waals surface area contributed by atoms with Gasteiger partial charge in [-0.1, -0.05) is 73.7 Å². The van der Waals surface area contributed by atoms with Crippen LogP contribution >= 0.6 is 0 Å². The van der Waals surface area contributed by atoms with Crippen LogP contribution in [0.1, 0.15) is 40.2 Å². The minimum absolute atomic E-state index is 0.0706. The van der Waals surface area contributed by atoms with Gasteiger partial charge in [-0.25, -0.2) is 0 Å². The molecule has 1 heterocycles. The summed E-state index contributed by atoms with van der Waals surface area (Å²) in [4.78, 5) is 17.0. The highest BCUT2D eigenvalue weighted by Crippen LogP contribution is 2.25. The summed E-state index contributed by atoms with van der Waals surface area (Å²) in [7, 11) is -3.96. The Morgan fingerprint density at radius 2 is 1.52 bits per heavy atom. The van der Waals surface area contributed by atoms with E-state index in [9.17, 15) is 13.2 Å². The summed E-state index contributed by atoms with van der Waals surface area (Å²) >= 11 is 0. The Labute approximate surface area is 180 Å². The van der Waals surface area contributed by atoms with E-state index < -0.39 is 10.0 Å². The van der Waals surface area contributed by atoms with Crippen LogP contribution in [0.4, 0.5) is 5.95 Å². The Morgan fingerprint density at radius 3 is 2.19 bits per heavy atom. The van der Waals surface area contributed by atoms with E-state index >= 15 is 0 Å². The molecule has 0 saturated carbocycles. The summed E-state index contributed by atoms with van der Waals surface area (Å²) in [6.45, 7) is 1.83. The zero-order valence-electron chi connectivity index (χ0n) is 16.7. The maximum absolute atomic E-state index is 12.9. The van der Waals surface area contributed by atoms with Crippen molar-refractivity contribution in [3.8, 4) is 0 Å². The van der Waals surface area contributed by atoms with Crippen molar-refractivity contribution < 1.29 is 13.2 Å². The number of carbonyl (C=O) groups excluding carboxylic acids is 1. The zero-order chi connectivity index (χ0) is 22.0. The lowest BCUT2D eigenvalue weighted by Gasteiger charge is -2.10. The number of rotatable bonds is 6. The smallest absolute Gasteiger partial charge is 0.286 e. The maximum Gasteiger partial charge on any atom is 0.286 e. The highest BCUT2D eigenvalue weighted by atomic mass is 32.2. The van der Waals surface area contributed by atoms with Gasteiger partial charge in [-0.15, -0.1) is 9.19 Å². The fraction of sp³-hybridized carbons (Fsp3) is 0.0870. The number of ketones is 1. The average molecular weight is 433 g/mol. The molecule has 156 valence electrons. The molecule has 0 aliphatic heterocycles. The van der Waals surface area contributed by atoms with Crippen LogP contribution in [0.25, 0.3) is 0 Å². The average Bonchev–Trinajstić information content (AvgIpc) is 3.21. The van der Waals surface area contributed by atoms with Gasteiger partial charge in [0.05, 0.1) is 4.90 Å². The second-order valence-electron chi connectivity index (χ2n) is 7.03. The molecule has 0 aliphatic carbocycles. The second-order valence-corrected chi connectivity index (χ2v) is 8.80. The summed E-state index contributed by atoms with van der Waals surface area (Å²) in [6, 6.07) is 24.0. The van der Waals surface area contributed by atoms with E-state index in [1.165, 1.54) is 12.1 Å². The standard InChI is InChI=1S/C23H20N4O3S/c1-16(18-11-8-12-19(15-18)21(28)17-9-4-2-5-10-17)22-25-23(24)27(26-22)31(29,30)20-13-6-3-7-14-20/h2-16H,1H3,(H2,24,25,26). The Morgan fingerprint density at radius 1 is 0.903 bits per heavy atom. The molecule has 0 saturated heterocycles. The maximum atomic E-state index is 12.9. The van der Waals surface area contributed by atoms with Crippen LogP contribution in [0, 0.1) is 0 Å². The second kappa shape index (κ2) is 8.16. The first-order chi connectivity index (χ1) is 14.9. The first kappa shape index (κ1) is 20.5. The Bertz CT molecular complexity index is 1330. The number of nitrogens with two attached hydrogens (primary N) is 1. The van der Waals surface area contributed by atoms with Gasteiger partial charge in [0.25, 0.3) is 10.0 Å². The summed E-state index contributed by atoms with van der Waals surface area (Å²) < 4.78 is 26.5. The van der Waals surface area contributed by atoms with E-state index in [0.29, 0.717) is 11.1 Å². The predicted octanol–water partition coefficient (Wildman–Crippen LogP) is 3.48. The molecule has 1 aromatic heterocycles. The molecule has 0 aliphatic rings. The third kappa shape index (κ3) is 3.97. The number of benzene rings is 3. The van der Waals surface area contributed by atoms with Crippen LogP contribution in [-0.2, 0) is 10.0 Å². The summed E-state index contributed by atoms with van der Waals surface area (Å²) in [5, 5.41) is 4.17. The molecule has 4 rings (SSSR count). The first-order valence-electron chi connectivity index (χ1n) is 9.60. The van der Waals surface area contributed by atoms with Gasteiger partial charge >= 0.3 is 0 Å². The van der Waals surface area contributed by atoms with Crippen LogP contribution < -0.4 is 5.73 Å². The number of aromatic nitrogens is 3. The van der Waals surface area contributed by atoms with Gasteiger partial charge in [0, 0.05) is 17.0 Å². The quantitative estimate of drug-likeness (QED) is 0.467. The van der Waals surface area contributed by atoms with E-state index in [0.717, 1.165) is 9.65 Å². The number of anilines is 1. The van der Waals surface area contributed by atoms with Gasteiger partial charge in [0.15, 0.2) is 11.6 Å². The number of hydrogen-bond acceptors (Lipinski definition) is 6. The molecule has 1 atom stereocenters. The van der Waals surface area contributed by atoms with E-state index in [-0.39, 0.29) is 28.4 Å². The fourth-order valence-electron chi connectivity index (χ4n) is 3.23. The van der Waals surface area contributed by atoms with Crippen molar-refractivity contribution in [1.29, 1.82) is 0 Å². The van der Waals surface area contributed by atoms with Gasteiger partial charge in [-0.3, -0.25) is 4.79 Å². The SMILES string of the molecule is CC(c1cccc(C(=O)c2ccccc2)c1)c1nc(N)n(S(=O)(=O)c2ccccc2)n1. The molecular weight excluding hydrogens is 412 g/mol. The Kier molecular flexibility index (Phi) is 5.39. The third-order valence-electron chi connectivity index (χ3n) is 4.96. The van der Waals surface area contributed by atoms with Crippen molar-refractivity contribution in [3.05, 3.63) is 107 Å². The summed E-state index contributed by atoms with van der Waals surface area (Å²) in [5.41, 5.74) is 7.78.